The Bertz CT molecular complexity index is 477. The van der Waals surface area contributed by atoms with Gasteiger partial charge in [-0.3, -0.25) is 14.9 Å². The summed E-state index contributed by atoms with van der Waals surface area (Å²) in [5.74, 6) is -0.181. The second kappa shape index (κ2) is 6.47. The number of carbonyl (C=O) groups excluding carboxylic acids is 1. The zero-order valence-electron chi connectivity index (χ0n) is 12.1. The molecule has 0 heterocycles. The first-order valence-corrected chi connectivity index (χ1v) is 6.48. The number of amides is 1. The van der Waals surface area contributed by atoms with Crippen LogP contribution in [-0.2, 0) is 11.2 Å². The molecule has 0 aromatic heterocycles. The van der Waals surface area contributed by atoms with E-state index in [4.69, 9.17) is 5.73 Å². The number of nitrogens with zero attached hydrogens (tertiary/aromatic N) is 1. The molecule has 6 nitrogen and oxygen atoms in total. The highest BCUT2D eigenvalue weighted by molar-refractivity contribution is 5.82. The van der Waals surface area contributed by atoms with Crippen LogP contribution in [0.5, 0.6) is 0 Å². The highest BCUT2D eigenvalue weighted by Gasteiger charge is 2.26. The largest absolute Gasteiger partial charge is 0.354 e. The second-order valence-electron chi connectivity index (χ2n) is 5.81. The molecule has 20 heavy (non-hydrogen) atoms. The van der Waals surface area contributed by atoms with Crippen LogP contribution < -0.4 is 11.1 Å². The first-order chi connectivity index (χ1) is 9.21. The molecule has 0 fully saturated rings. The van der Waals surface area contributed by atoms with Crippen molar-refractivity contribution in [1.82, 2.24) is 5.32 Å². The van der Waals surface area contributed by atoms with Crippen LogP contribution in [-0.4, -0.2) is 23.4 Å². The molecule has 0 aliphatic heterocycles. The van der Waals surface area contributed by atoms with E-state index in [2.05, 4.69) is 5.32 Å². The van der Waals surface area contributed by atoms with Gasteiger partial charge in [-0.15, -0.1) is 0 Å². The van der Waals surface area contributed by atoms with Gasteiger partial charge in [-0.1, -0.05) is 32.9 Å². The molecule has 1 aromatic rings. The van der Waals surface area contributed by atoms with Crippen molar-refractivity contribution in [3.05, 3.63) is 39.9 Å². The van der Waals surface area contributed by atoms with Crippen molar-refractivity contribution in [2.75, 3.05) is 6.54 Å². The highest BCUT2D eigenvalue weighted by Crippen LogP contribution is 2.17. The molecular formula is C14H21N3O3. The first kappa shape index (κ1) is 16.1. The SMILES string of the molecule is CC(C)(C)[C@@H](N)C(=O)NCCc1ccc([N+](=O)[O-])cc1. The molecule has 0 spiro atoms. The van der Waals surface area contributed by atoms with Gasteiger partial charge in [0.25, 0.3) is 5.69 Å². The Kier molecular flexibility index (Phi) is 5.21. The third kappa shape index (κ3) is 4.62. The van der Waals surface area contributed by atoms with Crippen molar-refractivity contribution >= 4 is 11.6 Å². The summed E-state index contributed by atoms with van der Waals surface area (Å²) in [4.78, 5) is 21.9. The van der Waals surface area contributed by atoms with Crippen LogP contribution in [0.1, 0.15) is 26.3 Å². The number of nitro benzene ring substituents is 1. The molecule has 0 bridgehead atoms. The van der Waals surface area contributed by atoms with E-state index in [0.29, 0.717) is 13.0 Å². The number of nitrogens with one attached hydrogen (secondary N) is 1. The fourth-order valence-electron chi connectivity index (χ4n) is 1.62. The van der Waals surface area contributed by atoms with Crippen LogP contribution >= 0.6 is 0 Å². The molecule has 1 atom stereocenters. The minimum atomic E-state index is -0.556. The summed E-state index contributed by atoms with van der Waals surface area (Å²) >= 11 is 0. The lowest BCUT2D eigenvalue weighted by Gasteiger charge is -2.25. The minimum Gasteiger partial charge on any atom is -0.354 e. The maximum atomic E-state index is 11.8. The summed E-state index contributed by atoms with van der Waals surface area (Å²) in [7, 11) is 0. The summed E-state index contributed by atoms with van der Waals surface area (Å²) in [6.45, 7) is 6.19. The summed E-state index contributed by atoms with van der Waals surface area (Å²) in [5, 5.41) is 13.3. The van der Waals surface area contributed by atoms with Crippen LogP contribution in [0.25, 0.3) is 0 Å². The lowest BCUT2D eigenvalue weighted by atomic mass is 9.87. The van der Waals surface area contributed by atoms with Gasteiger partial charge in [0, 0.05) is 18.7 Å². The predicted molar refractivity (Wildman–Crippen MR) is 77.2 cm³/mol. The number of nitro groups is 1. The summed E-state index contributed by atoms with van der Waals surface area (Å²) in [6.07, 6.45) is 0.612. The van der Waals surface area contributed by atoms with Crippen LogP contribution in [0.2, 0.25) is 0 Å². The van der Waals surface area contributed by atoms with E-state index in [-0.39, 0.29) is 17.0 Å². The van der Waals surface area contributed by atoms with Crippen LogP contribution in [0.4, 0.5) is 5.69 Å². The Morgan fingerprint density at radius 3 is 2.35 bits per heavy atom. The third-order valence-electron chi connectivity index (χ3n) is 3.08. The van der Waals surface area contributed by atoms with Crippen LogP contribution in [0.15, 0.2) is 24.3 Å². The van der Waals surface area contributed by atoms with Gasteiger partial charge in [0.1, 0.15) is 0 Å². The average Bonchev–Trinajstić information content (AvgIpc) is 2.37. The molecule has 3 N–H and O–H groups in total. The zero-order chi connectivity index (χ0) is 15.3. The van der Waals surface area contributed by atoms with Crippen molar-refractivity contribution < 1.29 is 9.72 Å². The molecular weight excluding hydrogens is 258 g/mol. The van der Waals surface area contributed by atoms with Crippen molar-refractivity contribution in [3.63, 3.8) is 0 Å². The van der Waals surface area contributed by atoms with Gasteiger partial charge in [-0.2, -0.15) is 0 Å². The first-order valence-electron chi connectivity index (χ1n) is 6.48. The highest BCUT2D eigenvalue weighted by atomic mass is 16.6. The van der Waals surface area contributed by atoms with Crippen molar-refractivity contribution in [2.45, 2.75) is 33.2 Å². The third-order valence-corrected chi connectivity index (χ3v) is 3.08. The molecule has 0 saturated carbocycles. The smallest absolute Gasteiger partial charge is 0.269 e. The number of hydrogen-bond acceptors (Lipinski definition) is 4. The fraction of sp³-hybridized carbons (Fsp3) is 0.500. The van der Waals surface area contributed by atoms with Crippen LogP contribution in [0, 0.1) is 15.5 Å². The van der Waals surface area contributed by atoms with Crippen molar-refractivity contribution in [1.29, 1.82) is 0 Å². The monoisotopic (exact) mass is 279 g/mol. The summed E-state index contributed by atoms with van der Waals surface area (Å²) < 4.78 is 0. The summed E-state index contributed by atoms with van der Waals surface area (Å²) in [5.41, 5.74) is 6.55. The summed E-state index contributed by atoms with van der Waals surface area (Å²) in [6, 6.07) is 5.73. The molecule has 0 aliphatic rings. The Morgan fingerprint density at radius 1 is 1.35 bits per heavy atom. The van der Waals surface area contributed by atoms with Crippen molar-refractivity contribution in [2.24, 2.45) is 11.1 Å². The lowest BCUT2D eigenvalue weighted by Crippen LogP contribution is -2.48. The number of benzene rings is 1. The van der Waals surface area contributed by atoms with Gasteiger partial charge < -0.3 is 11.1 Å². The number of rotatable bonds is 5. The Labute approximate surface area is 118 Å². The predicted octanol–water partition coefficient (Wildman–Crippen LogP) is 1.63. The van der Waals surface area contributed by atoms with E-state index < -0.39 is 11.0 Å². The number of hydrogen-bond donors (Lipinski definition) is 2. The lowest BCUT2D eigenvalue weighted by molar-refractivity contribution is -0.384. The molecule has 0 aliphatic carbocycles. The Balaban J connectivity index is 2.45. The van der Waals surface area contributed by atoms with Gasteiger partial charge in [0.2, 0.25) is 5.91 Å². The van der Waals surface area contributed by atoms with E-state index in [9.17, 15) is 14.9 Å². The number of nitrogens with two attached hydrogens (primary N) is 1. The van der Waals surface area contributed by atoms with E-state index in [1.165, 1.54) is 12.1 Å². The van der Waals surface area contributed by atoms with Gasteiger partial charge in [-0.25, -0.2) is 0 Å². The molecule has 1 aromatic carbocycles. The molecule has 0 radical (unpaired) electrons. The fourth-order valence-corrected chi connectivity index (χ4v) is 1.62. The Hall–Kier alpha value is -1.95. The molecule has 1 amide bonds. The standard InChI is InChI=1S/C14H21N3O3/c1-14(2,3)12(15)13(18)16-9-8-10-4-6-11(7-5-10)17(19)20/h4-7,12H,8-9,15H2,1-3H3,(H,16,18)/t12-/m0/s1. The van der Waals surface area contributed by atoms with E-state index in [1.807, 2.05) is 20.8 Å². The number of non-ortho nitro benzene ring substituents is 1. The quantitative estimate of drug-likeness (QED) is 0.632. The normalized spacial score (nSPS) is 12.8. The van der Waals surface area contributed by atoms with E-state index >= 15 is 0 Å². The zero-order valence-corrected chi connectivity index (χ0v) is 12.1. The molecule has 0 saturated heterocycles. The second-order valence-corrected chi connectivity index (χ2v) is 5.81. The van der Waals surface area contributed by atoms with Gasteiger partial charge in [0.05, 0.1) is 11.0 Å². The topological polar surface area (TPSA) is 98.3 Å². The molecule has 110 valence electrons. The minimum absolute atomic E-state index is 0.0625. The molecule has 6 heteroatoms. The van der Waals surface area contributed by atoms with Gasteiger partial charge in [0.15, 0.2) is 0 Å². The van der Waals surface area contributed by atoms with Gasteiger partial charge >= 0.3 is 0 Å². The van der Waals surface area contributed by atoms with E-state index in [0.717, 1.165) is 5.56 Å². The molecule has 0 unspecified atom stereocenters. The van der Waals surface area contributed by atoms with Crippen LogP contribution in [0.3, 0.4) is 0 Å². The maximum Gasteiger partial charge on any atom is 0.269 e. The van der Waals surface area contributed by atoms with Gasteiger partial charge in [-0.05, 0) is 17.4 Å². The molecule has 1 rings (SSSR count). The number of carbonyl (C=O) groups is 1. The maximum absolute atomic E-state index is 11.8. The van der Waals surface area contributed by atoms with E-state index in [1.54, 1.807) is 12.1 Å². The average molecular weight is 279 g/mol. The Morgan fingerprint density at radius 2 is 1.90 bits per heavy atom. The van der Waals surface area contributed by atoms with Crippen molar-refractivity contribution in [3.8, 4) is 0 Å².